The Morgan fingerprint density at radius 3 is 2.58 bits per heavy atom. The molecule has 0 aromatic heterocycles. The van der Waals surface area contributed by atoms with Crippen LogP contribution in [0.15, 0.2) is 29.4 Å². The summed E-state index contributed by atoms with van der Waals surface area (Å²) in [5, 5.41) is 13.4. The minimum Gasteiger partial charge on any atom is -0.409 e. The molecule has 0 aliphatic carbocycles. The molecular formula is C11H12F3N3O2. The molecular weight excluding hydrogens is 263 g/mol. The van der Waals surface area contributed by atoms with Crippen LogP contribution in [-0.4, -0.2) is 29.7 Å². The van der Waals surface area contributed by atoms with Gasteiger partial charge in [-0.05, 0) is 12.1 Å². The van der Waals surface area contributed by atoms with E-state index < -0.39 is 25.0 Å². The monoisotopic (exact) mass is 275 g/mol. The molecule has 0 saturated carbocycles. The SMILES string of the molecule is NC(=NO)c1cccc(C(=O)NCCC(F)(F)F)c1. The van der Waals surface area contributed by atoms with E-state index in [2.05, 4.69) is 10.5 Å². The molecule has 0 spiro atoms. The number of nitrogens with zero attached hydrogens (tertiary/aromatic N) is 1. The molecule has 0 saturated heterocycles. The van der Waals surface area contributed by atoms with E-state index in [0.717, 1.165) is 0 Å². The van der Waals surface area contributed by atoms with Crippen molar-refractivity contribution in [1.82, 2.24) is 5.32 Å². The lowest BCUT2D eigenvalue weighted by molar-refractivity contribution is -0.132. The lowest BCUT2D eigenvalue weighted by Crippen LogP contribution is -2.28. The Morgan fingerprint density at radius 1 is 1.37 bits per heavy atom. The first kappa shape index (κ1) is 14.8. The summed E-state index contributed by atoms with van der Waals surface area (Å²) < 4.78 is 35.7. The van der Waals surface area contributed by atoms with Gasteiger partial charge in [-0.25, -0.2) is 0 Å². The molecule has 0 fully saturated rings. The molecule has 8 heteroatoms. The maximum Gasteiger partial charge on any atom is 0.390 e. The Kier molecular flexibility index (Phi) is 4.74. The van der Waals surface area contributed by atoms with Crippen molar-refractivity contribution >= 4 is 11.7 Å². The molecule has 0 aliphatic rings. The van der Waals surface area contributed by atoms with Crippen LogP contribution in [0, 0.1) is 0 Å². The summed E-state index contributed by atoms with van der Waals surface area (Å²) in [5.74, 6) is -0.846. The van der Waals surface area contributed by atoms with Crippen LogP contribution in [0.4, 0.5) is 13.2 Å². The average Bonchev–Trinajstić information content (AvgIpc) is 2.36. The summed E-state index contributed by atoms with van der Waals surface area (Å²) >= 11 is 0. The Bertz CT molecular complexity index is 486. The molecule has 5 nitrogen and oxygen atoms in total. The highest BCUT2D eigenvalue weighted by molar-refractivity contribution is 6.01. The summed E-state index contributed by atoms with van der Waals surface area (Å²) in [4.78, 5) is 11.6. The number of amides is 1. The second-order valence-corrected chi connectivity index (χ2v) is 3.69. The number of hydrogen-bond acceptors (Lipinski definition) is 3. The van der Waals surface area contributed by atoms with Gasteiger partial charge in [-0.15, -0.1) is 0 Å². The van der Waals surface area contributed by atoms with Gasteiger partial charge in [0.25, 0.3) is 5.91 Å². The van der Waals surface area contributed by atoms with Crippen LogP contribution in [0.3, 0.4) is 0 Å². The molecule has 0 radical (unpaired) electrons. The fraction of sp³-hybridized carbons (Fsp3) is 0.273. The third-order valence-corrected chi connectivity index (χ3v) is 2.22. The van der Waals surface area contributed by atoms with Crippen LogP contribution >= 0.6 is 0 Å². The van der Waals surface area contributed by atoms with Crippen molar-refractivity contribution in [2.45, 2.75) is 12.6 Å². The molecule has 1 aromatic carbocycles. The van der Waals surface area contributed by atoms with Crippen molar-refractivity contribution in [2.75, 3.05) is 6.54 Å². The lowest BCUT2D eigenvalue weighted by Gasteiger charge is -2.08. The highest BCUT2D eigenvalue weighted by atomic mass is 19.4. The fourth-order valence-corrected chi connectivity index (χ4v) is 1.30. The van der Waals surface area contributed by atoms with Crippen molar-refractivity contribution < 1.29 is 23.2 Å². The molecule has 1 amide bonds. The predicted molar refractivity (Wildman–Crippen MR) is 62.0 cm³/mol. The first-order valence-corrected chi connectivity index (χ1v) is 5.26. The van der Waals surface area contributed by atoms with Crippen molar-refractivity contribution in [2.24, 2.45) is 10.9 Å². The Balaban J connectivity index is 2.67. The van der Waals surface area contributed by atoms with Gasteiger partial charge in [-0.1, -0.05) is 17.3 Å². The molecule has 0 bridgehead atoms. The van der Waals surface area contributed by atoms with Crippen molar-refractivity contribution in [3.63, 3.8) is 0 Å². The second kappa shape index (κ2) is 6.07. The summed E-state index contributed by atoms with van der Waals surface area (Å²) in [6.45, 7) is -0.504. The zero-order valence-electron chi connectivity index (χ0n) is 9.74. The molecule has 19 heavy (non-hydrogen) atoms. The second-order valence-electron chi connectivity index (χ2n) is 3.69. The summed E-state index contributed by atoms with van der Waals surface area (Å²) in [7, 11) is 0. The number of carbonyl (C=O) groups is 1. The number of amidine groups is 1. The number of alkyl halides is 3. The number of nitrogens with one attached hydrogen (secondary N) is 1. The van der Waals surface area contributed by atoms with Crippen LogP contribution in [0.1, 0.15) is 22.3 Å². The van der Waals surface area contributed by atoms with Gasteiger partial charge in [0.05, 0.1) is 6.42 Å². The molecule has 1 rings (SSSR count). The van der Waals surface area contributed by atoms with Gasteiger partial charge < -0.3 is 16.3 Å². The van der Waals surface area contributed by atoms with Gasteiger partial charge in [0.1, 0.15) is 0 Å². The zero-order chi connectivity index (χ0) is 14.5. The normalized spacial score (nSPS) is 12.3. The Hall–Kier alpha value is -2.25. The van der Waals surface area contributed by atoms with E-state index in [-0.39, 0.29) is 11.4 Å². The van der Waals surface area contributed by atoms with Crippen LogP contribution in [0.25, 0.3) is 0 Å². The van der Waals surface area contributed by atoms with E-state index in [9.17, 15) is 18.0 Å². The number of nitrogens with two attached hydrogens (primary N) is 1. The third-order valence-electron chi connectivity index (χ3n) is 2.22. The molecule has 4 N–H and O–H groups in total. The Morgan fingerprint density at radius 2 is 2.00 bits per heavy atom. The minimum absolute atomic E-state index is 0.131. The van der Waals surface area contributed by atoms with Crippen LogP contribution < -0.4 is 11.1 Å². The number of halogens is 3. The number of hydrogen-bond donors (Lipinski definition) is 3. The van der Waals surface area contributed by atoms with Crippen LogP contribution in [0.5, 0.6) is 0 Å². The van der Waals surface area contributed by atoms with Crippen LogP contribution in [-0.2, 0) is 0 Å². The van der Waals surface area contributed by atoms with Gasteiger partial charge in [0, 0.05) is 17.7 Å². The first-order valence-electron chi connectivity index (χ1n) is 5.26. The topological polar surface area (TPSA) is 87.7 Å². The third kappa shape index (κ3) is 4.86. The number of oxime groups is 1. The Labute approximate surface area is 106 Å². The van der Waals surface area contributed by atoms with E-state index >= 15 is 0 Å². The van der Waals surface area contributed by atoms with E-state index in [1.165, 1.54) is 24.3 Å². The van der Waals surface area contributed by atoms with E-state index in [4.69, 9.17) is 10.9 Å². The van der Waals surface area contributed by atoms with Gasteiger partial charge in [0.15, 0.2) is 5.84 Å². The van der Waals surface area contributed by atoms with E-state index in [0.29, 0.717) is 5.56 Å². The van der Waals surface area contributed by atoms with Gasteiger partial charge in [-0.3, -0.25) is 4.79 Å². The maximum absolute atomic E-state index is 11.9. The van der Waals surface area contributed by atoms with E-state index in [1.54, 1.807) is 0 Å². The predicted octanol–water partition coefficient (Wildman–Crippen LogP) is 1.46. The minimum atomic E-state index is -4.32. The number of carbonyl (C=O) groups excluding carboxylic acids is 1. The molecule has 1 aromatic rings. The fourth-order valence-electron chi connectivity index (χ4n) is 1.30. The van der Waals surface area contributed by atoms with Gasteiger partial charge in [0.2, 0.25) is 0 Å². The largest absolute Gasteiger partial charge is 0.409 e. The molecule has 0 heterocycles. The maximum atomic E-state index is 11.9. The zero-order valence-corrected chi connectivity index (χ0v) is 9.74. The average molecular weight is 275 g/mol. The van der Waals surface area contributed by atoms with Gasteiger partial charge in [-0.2, -0.15) is 13.2 Å². The molecule has 0 aliphatic heterocycles. The van der Waals surface area contributed by atoms with Crippen molar-refractivity contribution in [1.29, 1.82) is 0 Å². The number of benzene rings is 1. The van der Waals surface area contributed by atoms with Crippen molar-refractivity contribution in [3.8, 4) is 0 Å². The standard InChI is InChI=1S/C11H12F3N3O2/c12-11(13,14)4-5-16-10(18)8-3-1-2-7(6-8)9(15)17-19/h1-3,6,19H,4-5H2,(H2,15,17)(H,16,18). The summed E-state index contributed by atoms with van der Waals surface area (Å²) in [6.07, 6.45) is -5.41. The quantitative estimate of drug-likeness (QED) is 0.336. The number of rotatable bonds is 4. The summed E-state index contributed by atoms with van der Waals surface area (Å²) in [6, 6.07) is 5.71. The van der Waals surface area contributed by atoms with Crippen LogP contribution in [0.2, 0.25) is 0 Å². The van der Waals surface area contributed by atoms with Gasteiger partial charge >= 0.3 is 6.18 Å². The molecule has 104 valence electrons. The highest BCUT2D eigenvalue weighted by Gasteiger charge is 2.26. The highest BCUT2D eigenvalue weighted by Crippen LogP contribution is 2.18. The lowest BCUT2D eigenvalue weighted by atomic mass is 10.1. The smallest absolute Gasteiger partial charge is 0.390 e. The molecule has 0 atom stereocenters. The first-order chi connectivity index (χ1) is 8.83. The molecule has 0 unspecified atom stereocenters. The van der Waals surface area contributed by atoms with Crippen molar-refractivity contribution in [3.05, 3.63) is 35.4 Å². The summed E-state index contributed by atoms with van der Waals surface area (Å²) in [5.41, 5.74) is 5.77. The van der Waals surface area contributed by atoms with E-state index in [1.807, 2.05) is 0 Å².